The Morgan fingerprint density at radius 2 is 1.33 bits per heavy atom. The van der Waals surface area contributed by atoms with Crippen molar-refractivity contribution in [2.45, 2.75) is 17.2 Å². The fourth-order valence-electron chi connectivity index (χ4n) is 2.60. The van der Waals surface area contributed by atoms with E-state index in [-0.39, 0.29) is 0 Å². The molecule has 0 radical (unpaired) electrons. The van der Waals surface area contributed by atoms with Crippen LogP contribution in [0.1, 0.15) is 6.42 Å². The molecule has 3 aliphatic carbocycles. The van der Waals surface area contributed by atoms with Crippen molar-refractivity contribution < 1.29 is 0 Å². The highest BCUT2D eigenvalue weighted by atomic mass is 35.5. The topological polar surface area (TPSA) is 0 Å². The third-order valence-corrected chi connectivity index (χ3v) is 4.48. The summed E-state index contributed by atoms with van der Waals surface area (Å²) in [7, 11) is 0. The molecule has 6 unspecified atom stereocenters. The lowest BCUT2D eigenvalue weighted by Gasteiger charge is -1.88. The first kappa shape index (κ1) is 5.26. The highest BCUT2D eigenvalue weighted by Crippen LogP contribution is 2.72. The first-order chi connectivity index (χ1) is 4.30. The van der Waals surface area contributed by atoms with Gasteiger partial charge < -0.3 is 0 Å². The van der Waals surface area contributed by atoms with E-state index in [9.17, 15) is 0 Å². The molecule has 2 heteroatoms. The van der Waals surface area contributed by atoms with Gasteiger partial charge in [-0.3, -0.25) is 0 Å². The van der Waals surface area contributed by atoms with Gasteiger partial charge in [-0.05, 0) is 30.1 Å². The average Bonchev–Trinajstić information content (AvgIpc) is 2.63. The minimum atomic E-state index is 0.509. The van der Waals surface area contributed by atoms with E-state index in [1.165, 1.54) is 6.42 Å². The lowest BCUT2D eigenvalue weighted by atomic mass is 10.2. The second-order valence-corrected chi connectivity index (χ2v) is 4.61. The number of fused-ring (bicyclic) bond motifs is 3. The third kappa shape index (κ3) is 0.455. The van der Waals surface area contributed by atoms with Crippen molar-refractivity contribution in [2.75, 3.05) is 0 Å². The Hall–Kier alpha value is 0.580. The largest absolute Gasteiger partial charge is 0.122 e. The lowest BCUT2D eigenvalue weighted by molar-refractivity contribution is 0.692. The Labute approximate surface area is 64.5 Å². The number of hydrogen-bond acceptors (Lipinski definition) is 0. The van der Waals surface area contributed by atoms with Crippen molar-refractivity contribution in [3.63, 3.8) is 0 Å². The summed E-state index contributed by atoms with van der Waals surface area (Å²) in [4.78, 5) is 0. The van der Waals surface area contributed by atoms with Gasteiger partial charge in [0.25, 0.3) is 0 Å². The maximum atomic E-state index is 5.98. The molecule has 0 saturated heterocycles. The standard InChI is InChI=1S/C7H8Cl2/c8-6-2-1-3-5(4(2)6)7(3)9/h2-7H,1H2. The maximum Gasteiger partial charge on any atom is 0.0402 e. The molecule has 0 aromatic rings. The van der Waals surface area contributed by atoms with E-state index >= 15 is 0 Å². The van der Waals surface area contributed by atoms with Crippen molar-refractivity contribution in [3.05, 3.63) is 0 Å². The van der Waals surface area contributed by atoms with Crippen LogP contribution in [0.15, 0.2) is 0 Å². The molecule has 0 aromatic heterocycles. The average molecular weight is 163 g/mol. The normalized spacial score (nSPS) is 75.3. The molecule has 50 valence electrons. The molecule has 3 fully saturated rings. The Morgan fingerprint density at radius 3 is 1.67 bits per heavy atom. The Kier molecular flexibility index (Phi) is 0.751. The minimum Gasteiger partial charge on any atom is -0.122 e. The van der Waals surface area contributed by atoms with E-state index in [1.54, 1.807) is 0 Å². The van der Waals surface area contributed by atoms with E-state index in [1.807, 2.05) is 0 Å². The zero-order chi connectivity index (χ0) is 6.17. The molecule has 0 heterocycles. The van der Waals surface area contributed by atoms with Crippen LogP contribution in [0.5, 0.6) is 0 Å². The molecule has 0 aliphatic heterocycles. The molecule has 0 aromatic carbocycles. The summed E-state index contributed by atoms with van der Waals surface area (Å²) in [6.07, 6.45) is 1.33. The molecule has 0 nitrogen and oxygen atoms in total. The smallest absolute Gasteiger partial charge is 0.0402 e. The van der Waals surface area contributed by atoms with Crippen LogP contribution in [0.3, 0.4) is 0 Å². The SMILES string of the molecule is ClC1C2CC3C(Cl)C3C12. The predicted octanol–water partition coefficient (Wildman–Crippen LogP) is 2.10. The van der Waals surface area contributed by atoms with Crippen LogP contribution in [-0.4, -0.2) is 10.8 Å². The Balaban J connectivity index is 1.87. The molecular formula is C7H8Cl2. The van der Waals surface area contributed by atoms with Gasteiger partial charge in [-0.25, -0.2) is 0 Å². The molecule has 0 bridgehead atoms. The summed E-state index contributed by atoms with van der Waals surface area (Å²) in [5.41, 5.74) is 0. The third-order valence-electron chi connectivity index (χ3n) is 3.25. The number of rotatable bonds is 0. The summed E-state index contributed by atoms with van der Waals surface area (Å²) >= 11 is 12.0. The van der Waals surface area contributed by atoms with Crippen LogP contribution in [0.2, 0.25) is 0 Å². The van der Waals surface area contributed by atoms with Crippen LogP contribution in [0, 0.1) is 23.7 Å². The van der Waals surface area contributed by atoms with Crippen LogP contribution in [-0.2, 0) is 0 Å². The minimum absolute atomic E-state index is 0.509. The van der Waals surface area contributed by atoms with Gasteiger partial charge in [-0.15, -0.1) is 23.2 Å². The van der Waals surface area contributed by atoms with Crippen molar-refractivity contribution in [2.24, 2.45) is 23.7 Å². The molecule has 0 spiro atoms. The second-order valence-electron chi connectivity index (χ2n) is 3.61. The van der Waals surface area contributed by atoms with Crippen molar-refractivity contribution >= 4 is 23.2 Å². The van der Waals surface area contributed by atoms with Gasteiger partial charge in [-0.1, -0.05) is 0 Å². The van der Waals surface area contributed by atoms with E-state index in [0.29, 0.717) is 10.8 Å². The molecule has 0 amide bonds. The zero-order valence-corrected chi connectivity index (χ0v) is 6.44. The van der Waals surface area contributed by atoms with Crippen molar-refractivity contribution in [3.8, 4) is 0 Å². The van der Waals surface area contributed by atoms with E-state index < -0.39 is 0 Å². The van der Waals surface area contributed by atoms with Gasteiger partial charge >= 0.3 is 0 Å². The van der Waals surface area contributed by atoms with Crippen LogP contribution >= 0.6 is 23.2 Å². The fraction of sp³-hybridized carbons (Fsp3) is 1.00. The highest BCUT2D eigenvalue weighted by molar-refractivity contribution is 6.25. The molecule has 9 heavy (non-hydrogen) atoms. The monoisotopic (exact) mass is 162 g/mol. The first-order valence-electron chi connectivity index (χ1n) is 3.59. The van der Waals surface area contributed by atoms with Gasteiger partial charge in [0.2, 0.25) is 0 Å². The molecule has 6 atom stereocenters. The van der Waals surface area contributed by atoms with Gasteiger partial charge in [0.15, 0.2) is 0 Å². The van der Waals surface area contributed by atoms with E-state index in [2.05, 4.69) is 0 Å². The van der Waals surface area contributed by atoms with Crippen molar-refractivity contribution in [1.82, 2.24) is 0 Å². The molecule has 0 N–H and O–H groups in total. The molecule has 3 rings (SSSR count). The first-order valence-corrected chi connectivity index (χ1v) is 4.46. The van der Waals surface area contributed by atoms with Crippen LogP contribution in [0.4, 0.5) is 0 Å². The second kappa shape index (κ2) is 1.29. The predicted molar refractivity (Wildman–Crippen MR) is 37.9 cm³/mol. The summed E-state index contributed by atoms with van der Waals surface area (Å²) < 4.78 is 0. The summed E-state index contributed by atoms with van der Waals surface area (Å²) in [5, 5.41) is 1.02. The number of halogens is 2. The fourth-order valence-corrected chi connectivity index (χ4v) is 3.68. The Bertz CT molecular complexity index is 150. The summed E-state index contributed by atoms with van der Waals surface area (Å²) in [6.45, 7) is 0. The van der Waals surface area contributed by atoms with Gasteiger partial charge in [0.1, 0.15) is 0 Å². The number of alkyl halides is 2. The number of hydrogen-bond donors (Lipinski definition) is 0. The summed E-state index contributed by atoms with van der Waals surface area (Å²) in [5.74, 6) is 3.41. The van der Waals surface area contributed by atoms with Crippen molar-refractivity contribution in [1.29, 1.82) is 0 Å². The highest BCUT2D eigenvalue weighted by Gasteiger charge is 2.72. The molecular weight excluding hydrogens is 155 g/mol. The van der Waals surface area contributed by atoms with E-state index in [4.69, 9.17) is 23.2 Å². The molecule has 3 aliphatic rings. The van der Waals surface area contributed by atoms with E-state index in [0.717, 1.165) is 23.7 Å². The van der Waals surface area contributed by atoms with Gasteiger partial charge in [-0.2, -0.15) is 0 Å². The Morgan fingerprint density at radius 1 is 0.889 bits per heavy atom. The summed E-state index contributed by atoms with van der Waals surface area (Å²) in [6, 6.07) is 0. The van der Waals surface area contributed by atoms with Crippen LogP contribution in [0.25, 0.3) is 0 Å². The van der Waals surface area contributed by atoms with Crippen LogP contribution < -0.4 is 0 Å². The quantitative estimate of drug-likeness (QED) is 0.479. The van der Waals surface area contributed by atoms with Gasteiger partial charge in [0.05, 0.1) is 0 Å². The molecule has 3 saturated carbocycles. The van der Waals surface area contributed by atoms with Gasteiger partial charge in [0, 0.05) is 10.8 Å². The zero-order valence-electron chi connectivity index (χ0n) is 4.93. The maximum absolute atomic E-state index is 5.98. The lowest BCUT2D eigenvalue weighted by Crippen LogP contribution is -1.84.